The largest absolute Gasteiger partial charge is 0.493 e. The Balaban J connectivity index is 1.26. The van der Waals surface area contributed by atoms with Gasteiger partial charge in [-0.3, -0.25) is 14.6 Å². The molecule has 204 valence electrons. The van der Waals surface area contributed by atoms with Crippen molar-refractivity contribution in [3.63, 3.8) is 0 Å². The number of hydrogen-bond acceptors (Lipinski definition) is 8. The predicted octanol–water partition coefficient (Wildman–Crippen LogP) is 4.02. The third-order valence-electron chi connectivity index (χ3n) is 6.75. The molecule has 0 aromatic heterocycles. The van der Waals surface area contributed by atoms with Gasteiger partial charge in [-0.15, -0.1) is 0 Å². The van der Waals surface area contributed by atoms with Crippen LogP contribution in [0.4, 0.5) is 5.69 Å². The van der Waals surface area contributed by atoms with E-state index in [0.29, 0.717) is 58.7 Å². The maximum absolute atomic E-state index is 13.0. The van der Waals surface area contributed by atoms with Crippen LogP contribution < -0.4 is 29.0 Å². The van der Waals surface area contributed by atoms with Crippen LogP contribution in [0, 0.1) is 0 Å². The van der Waals surface area contributed by atoms with E-state index in [4.69, 9.17) is 23.7 Å². The van der Waals surface area contributed by atoms with Crippen LogP contribution in [0.5, 0.6) is 28.7 Å². The summed E-state index contributed by atoms with van der Waals surface area (Å²) >= 11 is 0. The van der Waals surface area contributed by atoms with Gasteiger partial charge < -0.3 is 33.9 Å². The number of fused-ring (bicyclic) bond motifs is 2. The lowest BCUT2D eigenvalue weighted by molar-refractivity contribution is 0.0774. The molecule has 1 atom stereocenters. The molecule has 0 spiro atoms. The zero-order chi connectivity index (χ0) is 27.1. The molecule has 0 unspecified atom stereocenters. The molecule has 1 N–H and O–H groups in total. The number of unbranched alkanes of at least 4 members (excludes halogenated alkanes) is 2. The van der Waals surface area contributed by atoms with Gasteiger partial charge in [0.15, 0.2) is 23.0 Å². The van der Waals surface area contributed by atoms with Crippen LogP contribution in [-0.2, 0) is 0 Å². The van der Waals surface area contributed by atoms with E-state index in [0.717, 1.165) is 38.6 Å². The van der Waals surface area contributed by atoms with E-state index in [1.54, 1.807) is 31.4 Å². The molecule has 4 rings (SSSR count). The summed E-state index contributed by atoms with van der Waals surface area (Å²) in [4.78, 5) is 32.0. The Kier molecular flexibility index (Phi) is 8.93. The summed E-state index contributed by atoms with van der Waals surface area (Å²) in [5.74, 6) is 2.15. The molecule has 2 amide bonds. The second-order valence-corrected chi connectivity index (χ2v) is 9.09. The van der Waals surface area contributed by atoms with Crippen molar-refractivity contribution >= 4 is 23.7 Å². The van der Waals surface area contributed by atoms with E-state index in [9.17, 15) is 9.59 Å². The normalized spacial score (nSPS) is 15.8. The summed E-state index contributed by atoms with van der Waals surface area (Å²) in [6, 6.07) is 6.81. The second kappa shape index (κ2) is 12.5. The highest BCUT2D eigenvalue weighted by molar-refractivity contribution is 6.03. The van der Waals surface area contributed by atoms with Crippen molar-refractivity contribution in [3.8, 4) is 28.7 Å². The van der Waals surface area contributed by atoms with Crippen molar-refractivity contribution in [1.82, 2.24) is 10.2 Å². The molecule has 0 saturated carbocycles. The number of carbonyl (C=O) groups excluding carboxylic acids is 2. The first-order valence-electron chi connectivity index (χ1n) is 12.8. The Morgan fingerprint density at radius 1 is 0.947 bits per heavy atom. The number of ether oxygens (including phenoxy) is 5. The fourth-order valence-electron chi connectivity index (χ4n) is 4.72. The van der Waals surface area contributed by atoms with Gasteiger partial charge in [-0.2, -0.15) is 0 Å². The molecule has 2 aromatic rings. The Bertz CT molecular complexity index is 1170. The SMILES string of the molecule is COc1cc2c(cc1OCCCCCNC(=O)c1cc(OC)c(OC)c(OC)c1)N=C[C@@H]1CCCN1C2=O. The van der Waals surface area contributed by atoms with Crippen LogP contribution in [0.25, 0.3) is 0 Å². The molecule has 0 aliphatic carbocycles. The molecule has 10 heteroatoms. The monoisotopic (exact) mass is 525 g/mol. The molecule has 2 aliphatic heterocycles. The number of carbonyl (C=O) groups is 2. The van der Waals surface area contributed by atoms with Gasteiger partial charge in [0.25, 0.3) is 11.8 Å². The average Bonchev–Trinajstić information content (AvgIpc) is 3.38. The Hall–Kier alpha value is -3.95. The van der Waals surface area contributed by atoms with Crippen molar-refractivity contribution in [3.05, 3.63) is 35.4 Å². The topological polar surface area (TPSA) is 108 Å². The highest BCUT2D eigenvalue weighted by atomic mass is 16.5. The maximum Gasteiger partial charge on any atom is 0.256 e. The van der Waals surface area contributed by atoms with Crippen molar-refractivity contribution in [1.29, 1.82) is 0 Å². The lowest BCUT2D eigenvalue weighted by atomic mass is 10.1. The molecule has 2 aliphatic rings. The smallest absolute Gasteiger partial charge is 0.256 e. The number of nitrogens with zero attached hydrogens (tertiary/aromatic N) is 2. The van der Waals surface area contributed by atoms with Crippen molar-refractivity contribution in [2.24, 2.45) is 4.99 Å². The van der Waals surface area contributed by atoms with E-state index >= 15 is 0 Å². The van der Waals surface area contributed by atoms with Gasteiger partial charge in [0.2, 0.25) is 5.75 Å². The minimum atomic E-state index is -0.217. The summed E-state index contributed by atoms with van der Waals surface area (Å²) in [5.41, 5.74) is 1.58. The van der Waals surface area contributed by atoms with Crippen LogP contribution in [0.3, 0.4) is 0 Å². The highest BCUT2D eigenvalue weighted by Crippen LogP contribution is 2.39. The average molecular weight is 526 g/mol. The summed E-state index contributed by atoms with van der Waals surface area (Å²) in [7, 11) is 6.10. The maximum atomic E-state index is 13.0. The van der Waals surface area contributed by atoms with Gasteiger partial charge >= 0.3 is 0 Å². The zero-order valence-electron chi connectivity index (χ0n) is 22.4. The minimum Gasteiger partial charge on any atom is -0.493 e. The van der Waals surface area contributed by atoms with Gasteiger partial charge in [-0.05, 0) is 50.3 Å². The zero-order valence-corrected chi connectivity index (χ0v) is 22.4. The minimum absolute atomic E-state index is 0.0153. The number of aliphatic imine (C=N–C) groups is 1. The third kappa shape index (κ3) is 5.79. The molecular formula is C28H35N3O7. The number of amides is 2. The number of methoxy groups -OCH3 is 4. The van der Waals surface area contributed by atoms with E-state index in [-0.39, 0.29) is 17.9 Å². The third-order valence-corrected chi connectivity index (χ3v) is 6.75. The molecule has 1 fully saturated rings. The van der Waals surface area contributed by atoms with Crippen LogP contribution in [0.1, 0.15) is 52.8 Å². The van der Waals surface area contributed by atoms with E-state index in [1.807, 2.05) is 11.1 Å². The van der Waals surface area contributed by atoms with E-state index in [2.05, 4.69) is 10.3 Å². The van der Waals surface area contributed by atoms with Crippen LogP contribution in [0.15, 0.2) is 29.3 Å². The molecule has 38 heavy (non-hydrogen) atoms. The molecule has 0 radical (unpaired) electrons. The van der Waals surface area contributed by atoms with E-state index < -0.39 is 0 Å². The first-order chi connectivity index (χ1) is 18.5. The molecule has 2 heterocycles. The van der Waals surface area contributed by atoms with Gasteiger partial charge in [-0.1, -0.05) is 0 Å². The van der Waals surface area contributed by atoms with Crippen molar-refractivity contribution in [2.45, 2.75) is 38.1 Å². The molecule has 10 nitrogen and oxygen atoms in total. The number of benzene rings is 2. The van der Waals surface area contributed by atoms with Crippen LogP contribution in [-0.4, -0.2) is 77.1 Å². The number of rotatable bonds is 12. The van der Waals surface area contributed by atoms with Gasteiger partial charge in [0.05, 0.1) is 52.3 Å². The van der Waals surface area contributed by atoms with Gasteiger partial charge in [0.1, 0.15) is 0 Å². The summed E-state index contributed by atoms with van der Waals surface area (Å²) in [6.45, 7) is 1.74. The molecule has 2 aromatic carbocycles. The summed E-state index contributed by atoms with van der Waals surface area (Å²) < 4.78 is 27.4. The van der Waals surface area contributed by atoms with Crippen LogP contribution >= 0.6 is 0 Å². The Morgan fingerprint density at radius 3 is 2.37 bits per heavy atom. The molecular weight excluding hydrogens is 490 g/mol. The number of nitrogens with one attached hydrogen (secondary N) is 1. The molecule has 0 bridgehead atoms. The highest BCUT2D eigenvalue weighted by Gasteiger charge is 2.32. The Morgan fingerprint density at radius 2 is 1.68 bits per heavy atom. The number of hydrogen-bond donors (Lipinski definition) is 1. The lowest BCUT2D eigenvalue weighted by Gasteiger charge is -2.20. The standard InChI is InChI=1S/C28H35N3O7/c1-34-22-15-20-21(30-17-19-9-8-11-31(19)28(20)33)16-23(22)38-12-7-5-6-10-29-27(32)18-13-24(35-2)26(37-4)25(14-18)36-3/h13-17,19H,5-12H2,1-4H3,(H,29,32)/t19-/m0/s1. The fraction of sp³-hybridized carbons (Fsp3) is 0.464. The quantitative estimate of drug-likeness (QED) is 0.417. The summed E-state index contributed by atoms with van der Waals surface area (Å²) in [5, 5.41) is 2.92. The van der Waals surface area contributed by atoms with Crippen molar-refractivity contribution < 1.29 is 33.3 Å². The first kappa shape index (κ1) is 27.1. The second-order valence-electron chi connectivity index (χ2n) is 9.09. The first-order valence-corrected chi connectivity index (χ1v) is 12.8. The Labute approximate surface area is 222 Å². The van der Waals surface area contributed by atoms with E-state index in [1.165, 1.54) is 21.3 Å². The summed E-state index contributed by atoms with van der Waals surface area (Å²) in [6.07, 6.45) is 6.22. The fourth-order valence-corrected chi connectivity index (χ4v) is 4.72. The van der Waals surface area contributed by atoms with Crippen LogP contribution in [0.2, 0.25) is 0 Å². The predicted molar refractivity (Wildman–Crippen MR) is 143 cm³/mol. The lowest BCUT2D eigenvalue weighted by Crippen LogP contribution is -2.35. The van der Waals surface area contributed by atoms with Crippen molar-refractivity contribution in [2.75, 3.05) is 48.1 Å². The molecule has 1 saturated heterocycles. The van der Waals surface area contributed by atoms with Gasteiger partial charge in [0, 0.05) is 30.9 Å². The van der Waals surface area contributed by atoms with Gasteiger partial charge in [-0.25, -0.2) is 0 Å².